The average molecular weight is 329 g/mol. The third-order valence-electron chi connectivity index (χ3n) is 4.22. The summed E-state index contributed by atoms with van der Waals surface area (Å²) in [7, 11) is 0. The minimum absolute atomic E-state index is 0.0291. The largest absolute Gasteiger partial charge is 0.326 e. The second kappa shape index (κ2) is 7.16. The molecule has 0 aliphatic carbocycles. The Balaban J connectivity index is 1.63. The fourth-order valence-corrected chi connectivity index (χ4v) is 3.28. The number of benzene rings is 2. The highest BCUT2D eigenvalue weighted by molar-refractivity contribution is 6.30. The van der Waals surface area contributed by atoms with Crippen molar-refractivity contribution in [2.45, 2.75) is 26.3 Å². The maximum absolute atomic E-state index is 11.2. The number of rotatable bonds is 4. The van der Waals surface area contributed by atoms with Crippen LogP contribution in [-0.2, 0) is 24.2 Å². The average Bonchev–Trinajstić information content (AvgIpc) is 2.52. The van der Waals surface area contributed by atoms with Crippen LogP contribution in [0.1, 0.15) is 23.6 Å². The number of anilines is 1. The molecule has 0 radical (unpaired) electrons. The lowest BCUT2D eigenvalue weighted by Gasteiger charge is -2.29. The molecule has 0 saturated heterocycles. The Kier molecular flexibility index (Phi) is 4.99. The van der Waals surface area contributed by atoms with Gasteiger partial charge in [-0.25, -0.2) is 0 Å². The van der Waals surface area contributed by atoms with Crippen molar-refractivity contribution in [3.05, 3.63) is 64.2 Å². The predicted molar refractivity (Wildman–Crippen MR) is 94.9 cm³/mol. The number of nitrogens with zero attached hydrogens (tertiary/aromatic N) is 1. The molecule has 0 spiro atoms. The minimum Gasteiger partial charge on any atom is -0.326 e. The van der Waals surface area contributed by atoms with E-state index in [0.717, 1.165) is 43.2 Å². The molecule has 120 valence electrons. The molecule has 1 N–H and O–H groups in total. The molecule has 4 heteroatoms. The Morgan fingerprint density at radius 3 is 2.87 bits per heavy atom. The van der Waals surface area contributed by atoms with Gasteiger partial charge in [0.05, 0.1) is 0 Å². The van der Waals surface area contributed by atoms with Gasteiger partial charge in [0, 0.05) is 37.3 Å². The number of halogens is 1. The van der Waals surface area contributed by atoms with E-state index in [0.29, 0.717) is 0 Å². The van der Waals surface area contributed by atoms with Crippen LogP contribution in [0.4, 0.5) is 5.69 Å². The molecule has 0 aromatic heterocycles. The van der Waals surface area contributed by atoms with E-state index >= 15 is 0 Å². The number of carbonyl (C=O) groups excluding carboxylic acids is 1. The molecule has 3 rings (SSSR count). The zero-order valence-electron chi connectivity index (χ0n) is 13.3. The lowest BCUT2D eigenvalue weighted by molar-refractivity contribution is -0.114. The highest BCUT2D eigenvalue weighted by atomic mass is 35.5. The van der Waals surface area contributed by atoms with Crippen molar-refractivity contribution in [1.29, 1.82) is 0 Å². The van der Waals surface area contributed by atoms with Gasteiger partial charge in [0.1, 0.15) is 0 Å². The van der Waals surface area contributed by atoms with Crippen LogP contribution in [0.25, 0.3) is 0 Å². The molecule has 0 fully saturated rings. The molecular formula is C19H21ClN2O. The van der Waals surface area contributed by atoms with Crippen LogP contribution in [0.2, 0.25) is 5.02 Å². The first-order chi connectivity index (χ1) is 11.1. The molecule has 2 aromatic carbocycles. The lowest BCUT2D eigenvalue weighted by Crippen LogP contribution is -2.32. The fourth-order valence-electron chi connectivity index (χ4n) is 3.07. The summed E-state index contributed by atoms with van der Waals surface area (Å²) in [5.74, 6) is -0.0291. The van der Waals surface area contributed by atoms with Gasteiger partial charge in [0.15, 0.2) is 0 Å². The van der Waals surface area contributed by atoms with E-state index in [-0.39, 0.29) is 5.91 Å². The Hall–Kier alpha value is -1.84. The summed E-state index contributed by atoms with van der Waals surface area (Å²) < 4.78 is 0. The molecule has 1 heterocycles. The van der Waals surface area contributed by atoms with E-state index in [4.69, 9.17) is 11.6 Å². The van der Waals surface area contributed by atoms with E-state index < -0.39 is 0 Å². The molecule has 0 saturated carbocycles. The van der Waals surface area contributed by atoms with Crippen LogP contribution in [0.3, 0.4) is 0 Å². The minimum atomic E-state index is -0.0291. The Labute approximate surface area is 142 Å². The van der Waals surface area contributed by atoms with Crippen LogP contribution in [0, 0.1) is 0 Å². The highest BCUT2D eigenvalue weighted by Crippen LogP contribution is 2.23. The van der Waals surface area contributed by atoms with Gasteiger partial charge < -0.3 is 5.32 Å². The molecule has 0 atom stereocenters. The summed E-state index contributed by atoms with van der Waals surface area (Å²) in [4.78, 5) is 13.7. The number of nitrogens with one attached hydrogen (secondary N) is 1. The predicted octanol–water partition coefficient (Wildman–Crippen LogP) is 3.90. The molecule has 0 unspecified atom stereocenters. The van der Waals surface area contributed by atoms with Crippen molar-refractivity contribution in [3.8, 4) is 0 Å². The van der Waals surface area contributed by atoms with E-state index in [9.17, 15) is 4.79 Å². The van der Waals surface area contributed by atoms with Gasteiger partial charge in [-0.2, -0.15) is 0 Å². The SMILES string of the molecule is CC(=O)Nc1ccc2c(c1)CN(CCc1cccc(Cl)c1)CC2. The second-order valence-corrected chi connectivity index (χ2v) is 6.51. The van der Waals surface area contributed by atoms with Crippen molar-refractivity contribution in [2.75, 3.05) is 18.4 Å². The first-order valence-electron chi connectivity index (χ1n) is 7.96. The normalized spacial score (nSPS) is 14.3. The summed E-state index contributed by atoms with van der Waals surface area (Å²) in [5.41, 5.74) is 4.86. The van der Waals surface area contributed by atoms with Gasteiger partial charge in [0.2, 0.25) is 5.91 Å². The van der Waals surface area contributed by atoms with Crippen molar-refractivity contribution >= 4 is 23.2 Å². The van der Waals surface area contributed by atoms with Crippen LogP contribution in [-0.4, -0.2) is 23.9 Å². The monoisotopic (exact) mass is 328 g/mol. The number of carbonyl (C=O) groups is 1. The van der Waals surface area contributed by atoms with Crippen LogP contribution in [0.5, 0.6) is 0 Å². The zero-order valence-corrected chi connectivity index (χ0v) is 14.1. The van der Waals surface area contributed by atoms with E-state index in [1.165, 1.54) is 23.6 Å². The maximum Gasteiger partial charge on any atom is 0.221 e. The summed E-state index contributed by atoms with van der Waals surface area (Å²) in [5, 5.41) is 3.66. The highest BCUT2D eigenvalue weighted by Gasteiger charge is 2.16. The van der Waals surface area contributed by atoms with Crippen LogP contribution >= 0.6 is 11.6 Å². The Morgan fingerprint density at radius 2 is 2.09 bits per heavy atom. The van der Waals surface area contributed by atoms with Crippen molar-refractivity contribution < 1.29 is 4.79 Å². The summed E-state index contributed by atoms with van der Waals surface area (Å²) >= 11 is 6.04. The molecule has 1 amide bonds. The van der Waals surface area contributed by atoms with Gasteiger partial charge in [0.25, 0.3) is 0 Å². The van der Waals surface area contributed by atoms with Crippen molar-refractivity contribution in [2.24, 2.45) is 0 Å². The topological polar surface area (TPSA) is 32.3 Å². The first kappa shape index (κ1) is 16.0. The maximum atomic E-state index is 11.2. The molecular weight excluding hydrogens is 308 g/mol. The van der Waals surface area contributed by atoms with Gasteiger partial charge >= 0.3 is 0 Å². The molecule has 23 heavy (non-hydrogen) atoms. The standard InChI is InChI=1S/C19H21ClN2O/c1-14(23)21-19-6-5-16-8-10-22(13-17(16)12-19)9-7-15-3-2-4-18(20)11-15/h2-6,11-12H,7-10,13H2,1H3,(H,21,23). The Bertz CT molecular complexity index is 714. The van der Waals surface area contributed by atoms with Gasteiger partial charge in [-0.05, 0) is 53.8 Å². The number of hydrogen-bond acceptors (Lipinski definition) is 2. The van der Waals surface area contributed by atoms with E-state index in [1.807, 2.05) is 24.3 Å². The summed E-state index contributed by atoms with van der Waals surface area (Å²) in [6.07, 6.45) is 2.06. The molecule has 1 aliphatic rings. The van der Waals surface area contributed by atoms with Crippen LogP contribution < -0.4 is 5.32 Å². The summed E-state index contributed by atoms with van der Waals surface area (Å²) in [6, 6.07) is 14.3. The zero-order chi connectivity index (χ0) is 16.2. The lowest BCUT2D eigenvalue weighted by atomic mass is 9.98. The van der Waals surface area contributed by atoms with Crippen molar-refractivity contribution in [3.63, 3.8) is 0 Å². The second-order valence-electron chi connectivity index (χ2n) is 6.07. The summed E-state index contributed by atoms with van der Waals surface area (Å²) in [6.45, 7) is 4.57. The molecule has 2 aromatic rings. The third kappa shape index (κ3) is 4.34. The quantitative estimate of drug-likeness (QED) is 0.923. The molecule has 0 bridgehead atoms. The molecule has 1 aliphatic heterocycles. The number of hydrogen-bond donors (Lipinski definition) is 1. The number of fused-ring (bicyclic) bond motifs is 1. The number of amides is 1. The van der Waals surface area contributed by atoms with Crippen molar-refractivity contribution in [1.82, 2.24) is 4.90 Å². The van der Waals surface area contributed by atoms with E-state index in [1.54, 1.807) is 0 Å². The smallest absolute Gasteiger partial charge is 0.221 e. The van der Waals surface area contributed by atoms with E-state index in [2.05, 4.69) is 28.4 Å². The molecule has 3 nitrogen and oxygen atoms in total. The van der Waals surface area contributed by atoms with Gasteiger partial charge in [-0.3, -0.25) is 9.69 Å². The van der Waals surface area contributed by atoms with Gasteiger partial charge in [-0.1, -0.05) is 29.8 Å². The Morgan fingerprint density at radius 1 is 1.22 bits per heavy atom. The first-order valence-corrected chi connectivity index (χ1v) is 8.34. The third-order valence-corrected chi connectivity index (χ3v) is 4.46. The van der Waals surface area contributed by atoms with Gasteiger partial charge in [-0.15, -0.1) is 0 Å². The van der Waals surface area contributed by atoms with Crippen LogP contribution in [0.15, 0.2) is 42.5 Å². The fraction of sp³-hybridized carbons (Fsp3) is 0.316.